The fraction of sp³-hybridized carbons (Fsp3) is 0.355. The smallest absolute Gasteiger partial charge is 0.261 e. The van der Waals surface area contributed by atoms with E-state index in [1.54, 1.807) is 17.0 Å². The Morgan fingerprint density at radius 1 is 0.921 bits per heavy atom. The molecule has 0 spiro atoms. The van der Waals surface area contributed by atoms with Crippen molar-refractivity contribution in [1.29, 1.82) is 0 Å². The number of halogens is 2. The second-order valence-corrected chi connectivity index (χ2v) is 10.9. The van der Waals surface area contributed by atoms with Gasteiger partial charge in [-0.3, -0.25) is 9.59 Å². The van der Waals surface area contributed by atoms with Crippen LogP contribution >= 0.6 is 23.2 Å². The van der Waals surface area contributed by atoms with Crippen LogP contribution in [0.5, 0.6) is 5.75 Å². The zero-order valence-electron chi connectivity index (χ0n) is 21.9. The van der Waals surface area contributed by atoms with Crippen molar-refractivity contribution in [2.75, 3.05) is 6.61 Å². The molecule has 1 atom stereocenters. The normalized spacial score (nSPS) is 14.2. The van der Waals surface area contributed by atoms with Gasteiger partial charge in [0.1, 0.15) is 11.8 Å². The van der Waals surface area contributed by atoms with Gasteiger partial charge in [0.15, 0.2) is 6.61 Å². The van der Waals surface area contributed by atoms with Crippen LogP contribution in [0.25, 0.3) is 0 Å². The van der Waals surface area contributed by atoms with Crippen LogP contribution < -0.4 is 10.1 Å². The van der Waals surface area contributed by atoms with Gasteiger partial charge >= 0.3 is 0 Å². The van der Waals surface area contributed by atoms with E-state index in [2.05, 4.69) is 11.4 Å². The summed E-state index contributed by atoms with van der Waals surface area (Å²) in [7, 11) is 0. The van der Waals surface area contributed by atoms with E-state index in [0.29, 0.717) is 22.2 Å². The van der Waals surface area contributed by atoms with E-state index in [0.717, 1.165) is 47.9 Å². The zero-order chi connectivity index (χ0) is 27.1. The zero-order valence-corrected chi connectivity index (χ0v) is 23.4. The lowest BCUT2D eigenvalue weighted by molar-refractivity contribution is -0.143. The highest BCUT2D eigenvalue weighted by atomic mass is 35.5. The Morgan fingerprint density at radius 3 is 2.26 bits per heavy atom. The molecule has 0 unspecified atom stereocenters. The third-order valence-electron chi connectivity index (χ3n) is 6.87. The molecule has 1 N–H and O–H groups in total. The molecule has 1 fully saturated rings. The molecule has 4 rings (SSSR count). The molecule has 2 amide bonds. The summed E-state index contributed by atoms with van der Waals surface area (Å²) in [5.74, 6) is 0.193. The Hall–Kier alpha value is -3.02. The average Bonchev–Trinajstić information content (AvgIpc) is 3.40. The quantitative estimate of drug-likeness (QED) is 0.305. The number of amides is 2. The predicted molar refractivity (Wildman–Crippen MR) is 153 cm³/mol. The Bertz CT molecular complexity index is 1240. The fourth-order valence-electron chi connectivity index (χ4n) is 5.00. The van der Waals surface area contributed by atoms with E-state index < -0.39 is 6.04 Å². The van der Waals surface area contributed by atoms with Crippen molar-refractivity contribution in [3.8, 4) is 5.75 Å². The fourth-order valence-corrected chi connectivity index (χ4v) is 5.32. The van der Waals surface area contributed by atoms with Gasteiger partial charge in [-0.1, -0.05) is 78.5 Å². The number of carbonyl (C=O) groups excluding carboxylic acids is 2. The molecule has 3 aromatic carbocycles. The number of nitrogens with zero attached hydrogens (tertiary/aromatic N) is 1. The lowest BCUT2D eigenvalue weighted by atomic mass is 10.0. The maximum atomic E-state index is 13.8. The molecule has 3 aromatic rings. The summed E-state index contributed by atoms with van der Waals surface area (Å²) in [6.07, 6.45) is 4.50. The second-order valence-electron chi connectivity index (χ2n) is 10.1. The molecule has 0 bridgehead atoms. The maximum absolute atomic E-state index is 13.8. The highest BCUT2D eigenvalue weighted by Gasteiger charge is 2.32. The topological polar surface area (TPSA) is 58.6 Å². The molecule has 0 aliphatic heterocycles. The Morgan fingerprint density at radius 2 is 1.61 bits per heavy atom. The molecule has 1 aliphatic rings. The van der Waals surface area contributed by atoms with Crippen molar-refractivity contribution in [2.24, 2.45) is 0 Å². The number of benzene rings is 3. The molecule has 7 heteroatoms. The number of hydrogen-bond donors (Lipinski definition) is 1. The van der Waals surface area contributed by atoms with E-state index >= 15 is 0 Å². The van der Waals surface area contributed by atoms with Gasteiger partial charge in [-0.05, 0) is 73.2 Å². The third kappa shape index (κ3) is 7.75. The molecule has 0 radical (unpaired) electrons. The first-order valence-electron chi connectivity index (χ1n) is 13.1. The van der Waals surface area contributed by atoms with Gasteiger partial charge in [-0.2, -0.15) is 0 Å². The Labute approximate surface area is 235 Å². The minimum Gasteiger partial charge on any atom is -0.484 e. The monoisotopic (exact) mass is 552 g/mol. The van der Waals surface area contributed by atoms with Crippen LogP contribution in [-0.4, -0.2) is 35.4 Å². The standard InChI is InChI=1S/C31H34Cl2N2O3/c1-21-14-22(2)16-26(15-21)38-20-30(36)35(19-24-12-13-27(32)28(33)17-24)29(18-23-8-4-3-5-9-23)31(37)34-25-10-6-7-11-25/h3-5,8-9,12-17,25,29H,6-7,10-11,18-20H2,1-2H3,(H,34,37)/t29-/m0/s1. The van der Waals surface area contributed by atoms with Crippen molar-refractivity contribution in [3.63, 3.8) is 0 Å². The number of nitrogens with one attached hydrogen (secondary N) is 1. The number of ether oxygens (including phenoxy) is 1. The summed E-state index contributed by atoms with van der Waals surface area (Å²) < 4.78 is 5.93. The predicted octanol–water partition coefficient (Wildman–Crippen LogP) is 6.69. The van der Waals surface area contributed by atoms with Gasteiger partial charge in [-0.15, -0.1) is 0 Å². The Balaban J connectivity index is 1.63. The maximum Gasteiger partial charge on any atom is 0.261 e. The van der Waals surface area contributed by atoms with Crippen LogP contribution in [-0.2, 0) is 22.6 Å². The highest BCUT2D eigenvalue weighted by Crippen LogP contribution is 2.25. The SMILES string of the molecule is Cc1cc(C)cc(OCC(=O)N(Cc2ccc(Cl)c(Cl)c2)[C@@H](Cc2ccccc2)C(=O)NC2CCCC2)c1. The van der Waals surface area contributed by atoms with Gasteiger partial charge in [0.2, 0.25) is 5.91 Å². The number of hydrogen-bond acceptors (Lipinski definition) is 3. The highest BCUT2D eigenvalue weighted by molar-refractivity contribution is 6.42. The number of rotatable bonds is 10. The first kappa shape index (κ1) is 28.0. The minimum atomic E-state index is -0.720. The van der Waals surface area contributed by atoms with E-state index in [9.17, 15) is 9.59 Å². The van der Waals surface area contributed by atoms with Crippen molar-refractivity contribution < 1.29 is 14.3 Å². The average molecular weight is 554 g/mol. The molecule has 200 valence electrons. The van der Waals surface area contributed by atoms with Gasteiger partial charge in [-0.25, -0.2) is 0 Å². The van der Waals surface area contributed by atoms with Crippen molar-refractivity contribution in [1.82, 2.24) is 10.2 Å². The van der Waals surface area contributed by atoms with E-state index in [-0.39, 0.29) is 31.0 Å². The summed E-state index contributed by atoms with van der Waals surface area (Å²) >= 11 is 12.4. The molecule has 0 aromatic heterocycles. The molecule has 38 heavy (non-hydrogen) atoms. The molecular weight excluding hydrogens is 519 g/mol. The molecule has 0 heterocycles. The molecule has 0 saturated heterocycles. The van der Waals surface area contributed by atoms with E-state index in [1.807, 2.05) is 62.4 Å². The summed E-state index contributed by atoms with van der Waals surface area (Å²) in [6.45, 7) is 3.98. The third-order valence-corrected chi connectivity index (χ3v) is 7.61. The van der Waals surface area contributed by atoms with Crippen LogP contribution in [0.2, 0.25) is 10.0 Å². The van der Waals surface area contributed by atoms with Gasteiger partial charge in [0, 0.05) is 19.0 Å². The summed E-state index contributed by atoms with van der Waals surface area (Å²) in [5, 5.41) is 4.05. The Kier molecular flexibility index (Phi) is 9.70. The van der Waals surface area contributed by atoms with Crippen LogP contribution in [0.4, 0.5) is 0 Å². The summed E-state index contributed by atoms with van der Waals surface area (Å²) in [4.78, 5) is 29.1. The first-order chi connectivity index (χ1) is 18.3. The van der Waals surface area contributed by atoms with E-state index in [4.69, 9.17) is 27.9 Å². The van der Waals surface area contributed by atoms with E-state index in [1.165, 1.54) is 0 Å². The number of aryl methyl sites for hydroxylation is 2. The van der Waals surface area contributed by atoms with Gasteiger partial charge < -0.3 is 15.0 Å². The first-order valence-corrected chi connectivity index (χ1v) is 13.8. The lowest BCUT2D eigenvalue weighted by Gasteiger charge is -2.32. The lowest BCUT2D eigenvalue weighted by Crippen LogP contribution is -2.53. The van der Waals surface area contributed by atoms with Gasteiger partial charge in [0.25, 0.3) is 5.91 Å². The molecule has 5 nitrogen and oxygen atoms in total. The summed E-state index contributed by atoms with van der Waals surface area (Å²) in [5.41, 5.74) is 3.86. The van der Waals surface area contributed by atoms with Crippen LogP contribution in [0.3, 0.4) is 0 Å². The van der Waals surface area contributed by atoms with Gasteiger partial charge in [0.05, 0.1) is 10.0 Å². The number of carbonyl (C=O) groups is 2. The van der Waals surface area contributed by atoms with Crippen LogP contribution in [0.15, 0.2) is 66.7 Å². The molecule has 1 aliphatic carbocycles. The molecular formula is C31H34Cl2N2O3. The van der Waals surface area contributed by atoms with Crippen molar-refractivity contribution >= 4 is 35.0 Å². The van der Waals surface area contributed by atoms with Crippen molar-refractivity contribution in [3.05, 3.63) is 99.0 Å². The molecule has 1 saturated carbocycles. The minimum absolute atomic E-state index is 0.134. The van der Waals surface area contributed by atoms with Crippen LogP contribution in [0.1, 0.15) is 47.9 Å². The summed E-state index contributed by atoms with van der Waals surface area (Å²) in [6, 6.07) is 20.3. The van der Waals surface area contributed by atoms with Crippen molar-refractivity contribution in [2.45, 2.75) is 64.6 Å². The second kappa shape index (κ2) is 13.2. The largest absolute Gasteiger partial charge is 0.484 e. The van der Waals surface area contributed by atoms with Crippen LogP contribution in [0, 0.1) is 13.8 Å².